The maximum absolute atomic E-state index is 12.2. The Morgan fingerprint density at radius 1 is 1.24 bits per heavy atom. The summed E-state index contributed by atoms with van der Waals surface area (Å²) >= 11 is 5.88. The maximum atomic E-state index is 12.2. The molecule has 0 radical (unpaired) electrons. The number of hydrogen-bond donors (Lipinski definition) is 1. The molecule has 0 bridgehead atoms. The van der Waals surface area contributed by atoms with Crippen LogP contribution in [0.15, 0.2) is 60.9 Å². The van der Waals surface area contributed by atoms with Gasteiger partial charge in [-0.05, 0) is 54.6 Å². The lowest BCUT2D eigenvalue weighted by molar-refractivity contribution is 0.104. The van der Waals surface area contributed by atoms with Gasteiger partial charge in [0, 0.05) is 22.3 Å². The van der Waals surface area contributed by atoms with Crippen LogP contribution >= 0.6 is 11.6 Å². The van der Waals surface area contributed by atoms with Crippen molar-refractivity contribution in [1.29, 1.82) is 0 Å². The van der Waals surface area contributed by atoms with Gasteiger partial charge in [0.2, 0.25) is 0 Å². The largest absolute Gasteiger partial charge is 0.504 e. The Morgan fingerprint density at radius 2 is 2.00 bits per heavy atom. The highest BCUT2D eigenvalue weighted by molar-refractivity contribution is 6.30. The van der Waals surface area contributed by atoms with E-state index in [1.807, 2.05) is 18.3 Å². The van der Waals surface area contributed by atoms with Gasteiger partial charge in [0.05, 0.1) is 19.0 Å². The lowest BCUT2D eigenvalue weighted by atomic mass is 10.1. The maximum Gasteiger partial charge on any atom is 0.185 e. The number of methoxy groups -OCH3 is 1. The molecule has 1 N–H and O–H groups in total. The van der Waals surface area contributed by atoms with E-state index in [1.54, 1.807) is 35.2 Å². The molecule has 5 nitrogen and oxygen atoms in total. The fraction of sp³-hybridized carbons (Fsp3) is 0.0526. The number of hydrogen-bond acceptors (Lipinski definition) is 4. The van der Waals surface area contributed by atoms with Crippen molar-refractivity contribution in [3.8, 4) is 17.2 Å². The Morgan fingerprint density at radius 3 is 2.72 bits per heavy atom. The fourth-order valence-electron chi connectivity index (χ4n) is 2.26. The Kier molecular flexibility index (Phi) is 4.86. The summed E-state index contributed by atoms with van der Waals surface area (Å²) in [7, 11) is 1.43. The molecule has 0 amide bonds. The van der Waals surface area contributed by atoms with Crippen LogP contribution in [0.4, 0.5) is 0 Å². The van der Waals surface area contributed by atoms with E-state index in [0.717, 1.165) is 11.3 Å². The first-order chi connectivity index (χ1) is 12.1. The molecule has 0 saturated heterocycles. The summed E-state index contributed by atoms with van der Waals surface area (Å²) in [5, 5.41) is 14.5. The van der Waals surface area contributed by atoms with Gasteiger partial charge in [0.1, 0.15) is 0 Å². The highest BCUT2D eigenvalue weighted by Crippen LogP contribution is 2.26. The Balaban J connectivity index is 1.76. The van der Waals surface area contributed by atoms with E-state index in [1.165, 1.54) is 25.3 Å². The minimum Gasteiger partial charge on any atom is -0.504 e. The average Bonchev–Trinajstić information content (AvgIpc) is 3.09. The standard InChI is InChI=1S/C19H15ClN2O3/c1-25-19-10-14(3-9-18(19)24)17(23)8-2-13-11-21-22(12-13)16-6-4-15(20)5-7-16/h2-12,24H,1H3. The zero-order valence-corrected chi connectivity index (χ0v) is 14.1. The summed E-state index contributed by atoms with van der Waals surface area (Å²) < 4.78 is 6.71. The number of phenols is 1. The predicted octanol–water partition coefficient (Wildman–Crippen LogP) is 4.14. The van der Waals surface area contributed by atoms with Crippen LogP contribution in [-0.2, 0) is 0 Å². The number of halogens is 1. The number of carbonyl (C=O) groups is 1. The Hall–Kier alpha value is -3.05. The average molecular weight is 355 g/mol. The number of benzene rings is 2. The van der Waals surface area contributed by atoms with Crippen LogP contribution in [0.3, 0.4) is 0 Å². The fourth-order valence-corrected chi connectivity index (χ4v) is 2.38. The van der Waals surface area contributed by atoms with Gasteiger partial charge >= 0.3 is 0 Å². The summed E-state index contributed by atoms with van der Waals surface area (Å²) in [6.07, 6.45) is 6.61. The molecule has 0 aliphatic rings. The van der Waals surface area contributed by atoms with Crippen molar-refractivity contribution in [1.82, 2.24) is 9.78 Å². The van der Waals surface area contributed by atoms with Gasteiger partial charge in [-0.3, -0.25) is 4.79 Å². The molecular formula is C19H15ClN2O3. The Bertz CT molecular complexity index is 930. The van der Waals surface area contributed by atoms with Crippen LogP contribution < -0.4 is 4.74 Å². The summed E-state index contributed by atoms with van der Waals surface area (Å²) in [6.45, 7) is 0. The van der Waals surface area contributed by atoms with Gasteiger partial charge in [0.25, 0.3) is 0 Å². The van der Waals surface area contributed by atoms with Gasteiger partial charge in [-0.2, -0.15) is 5.10 Å². The van der Waals surface area contributed by atoms with Crippen molar-refractivity contribution in [2.24, 2.45) is 0 Å². The van der Waals surface area contributed by atoms with E-state index >= 15 is 0 Å². The Labute approximate surface area is 149 Å². The summed E-state index contributed by atoms with van der Waals surface area (Å²) in [5.74, 6) is 0.0552. The summed E-state index contributed by atoms with van der Waals surface area (Å²) in [5.41, 5.74) is 2.09. The van der Waals surface area contributed by atoms with Crippen molar-refractivity contribution in [2.75, 3.05) is 7.11 Å². The van der Waals surface area contributed by atoms with Gasteiger partial charge in [-0.15, -0.1) is 0 Å². The SMILES string of the molecule is COc1cc(C(=O)C=Cc2cnn(-c3ccc(Cl)cc3)c2)ccc1O. The zero-order chi connectivity index (χ0) is 17.8. The molecule has 1 heterocycles. The molecule has 0 aliphatic carbocycles. The second kappa shape index (κ2) is 7.23. The molecule has 3 aromatic rings. The normalized spacial score (nSPS) is 11.0. The number of allylic oxidation sites excluding steroid dienone is 1. The minimum atomic E-state index is -0.197. The topological polar surface area (TPSA) is 64.3 Å². The zero-order valence-electron chi connectivity index (χ0n) is 13.4. The third-order valence-corrected chi connectivity index (χ3v) is 3.84. The molecule has 0 spiro atoms. The van der Waals surface area contributed by atoms with Crippen LogP contribution in [-0.4, -0.2) is 27.8 Å². The van der Waals surface area contributed by atoms with Gasteiger partial charge in [0.15, 0.2) is 17.3 Å². The number of ether oxygens (including phenoxy) is 1. The molecular weight excluding hydrogens is 340 g/mol. The smallest absolute Gasteiger partial charge is 0.185 e. The van der Waals surface area contributed by atoms with Crippen molar-refractivity contribution >= 4 is 23.5 Å². The first-order valence-corrected chi connectivity index (χ1v) is 7.84. The van der Waals surface area contributed by atoms with E-state index < -0.39 is 0 Å². The van der Waals surface area contributed by atoms with E-state index in [-0.39, 0.29) is 17.3 Å². The molecule has 6 heteroatoms. The molecule has 25 heavy (non-hydrogen) atoms. The number of phenolic OH excluding ortho intramolecular Hbond substituents is 1. The first kappa shape index (κ1) is 16.8. The van der Waals surface area contributed by atoms with Crippen LogP contribution in [0.1, 0.15) is 15.9 Å². The first-order valence-electron chi connectivity index (χ1n) is 7.47. The molecule has 126 valence electrons. The van der Waals surface area contributed by atoms with Crippen LogP contribution in [0.2, 0.25) is 5.02 Å². The summed E-state index contributed by atoms with van der Waals surface area (Å²) in [4.78, 5) is 12.2. The van der Waals surface area contributed by atoms with Crippen LogP contribution in [0.5, 0.6) is 11.5 Å². The van der Waals surface area contributed by atoms with Crippen molar-refractivity contribution in [2.45, 2.75) is 0 Å². The molecule has 0 aliphatic heterocycles. The van der Waals surface area contributed by atoms with E-state index in [9.17, 15) is 9.90 Å². The number of aromatic nitrogens is 2. The summed E-state index contributed by atoms with van der Waals surface area (Å²) in [6, 6.07) is 11.8. The third kappa shape index (κ3) is 3.89. The molecule has 2 aromatic carbocycles. The lowest BCUT2D eigenvalue weighted by Gasteiger charge is -2.04. The van der Waals surface area contributed by atoms with Gasteiger partial charge in [-0.25, -0.2) is 4.68 Å². The molecule has 0 saturated carbocycles. The highest BCUT2D eigenvalue weighted by atomic mass is 35.5. The number of carbonyl (C=O) groups excluding carboxylic acids is 1. The van der Waals surface area contributed by atoms with Crippen molar-refractivity contribution in [3.05, 3.63) is 77.1 Å². The highest BCUT2D eigenvalue weighted by Gasteiger charge is 2.07. The van der Waals surface area contributed by atoms with Crippen molar-refractivity contribution < 1.29 is 14.6 Å². The third-order valence-electron chi connectivity index (χ3n) is 3.59. The van der Waals surface area contributed by atoms with Gasteiger partial charge in [-0.1, -0.05) is 11.6 Å². The molecule has 1 aromatic heterocycles. The number of nitrogens with zero attached hydrogens (tertiary/aromatic N) is 2. The predicted molar refractivity (Wildman–Crippen MR) is 96.6 cm³/mol. The molecule has 0 atom stereocenters. The van der Waals surface area contributed by atoms with E-state index in [0.29, 0.717) is 10.6 Å². The van der Waals surface area contributed by atoms with Crippen LogP contribution in [0, 0.1) is 0 Å². The minimum absolute atomic E-state index is 0.00716. The van der Waals surface area contributed by atoms with E-state index in [4.69, 9.17) is 16.3 Å². The lowest BCUT2D eigenvalue weighted by Crippen LogP contribution is -1.95. The molecule has 0 fully saturated rings. The second-order valence-electron chi connectivity index (χ2n) is 5.28. The quantitative estimate of drug-likeness (QED) is 0.552. The van der Waals surface area contributed by atoms with E-state index in [2.05, 4.69) is 5.10 Å². The second-order valence-corrected chi connectivity index (χ2v) is 5.72. The van der Waals surface area contributed by atoms with Crippen LogP contribution in [0.25, 0.3) is 11.8 Å². The monoisotopic (exact) mass is 354 g/mol. The number of ketones is 1. The molecule has 0 unspecified atom stereocenters. The van der Waals surface area contributed by atoms with Gasteiger partial charge < -0.3 is 9.84 Å². The van der Waals surface area contributed by atoms with Crippen molar-refractivity contribution in [3.63, 3.8) is 0 Å². The number of aromatic hydroxyl groups is 1. The number of rotatable bonds is 5. The molecule has 3 rings (SSSR count).